The van der Waals surface area contributed by atoms with Crippen molar-refractivity contribution in [1.29, 1.82) is 0 Å². The Balaban J connectivity index is 1.82. The molecule has 0 aromatic heterocycles. The molecule has 1 unspecified atom stereocenters. The van der Waals surface area contributed by atoms with Crippen LogP contribution < -0.4 is 5.73 Å². The summed E-state index contributed by atoms with van der Waals surface area (Å²) in [5, 5.41) is 0. The molecule has 98 valence electrons. The molecule has 0 fully saturated rings. The first-order valence-electron chi connectivity index (χ1n) is 6.51. The summed E-state index contributed by atoms with van der Waals surface area (Å²) in [5.74, 6) is 0. The predicted molar refractivity (Wildman–Crippen MR) is 82.7 cm³/mol. The molecule has 0 bridgehead atoms. The number of fused-ring (bicyclic) bond motifs is 1. The SMILES string of the molecule is CC(c1ccc(Br)cc1)N1Cc2cccc(N)c2C1. The second-order valence-electron chi connectivity index (χ2n) is 5.12. The molecule has 2 aromatic carbocycles. The number of benzene rings is 2. The van der Waals surface area contributed by atoms with Crippen LogP contribution in [0.1, 0.15) is 29.7 Å². The van der Waals surface area contributed by atoms with Crippen LogP contribution >= 0.6 is 15.9 Å². The molecule has 1 aliphatic heterocycles. The fraction of sp³-hybridized carbons (Fsp3) is 0.250. The van der Waals surface area contributed by atoms with Crippen molar-refractivity contribution < 1.29 is 0 Å². The monoisotopic (exact) mass is 316 g/mol. The Morgan fingerprint density at radius 1 is 1.11 bits per heavy atom. The molecule has 0 spiro atoms. The van der Waals surface area contributed by atoms with Crippen LogP contribution in [0.25, 0.3) is 0 Å². The summed E-state index contributed by atoms with van der Waals surface area (Å²) in [5.41, 5.74) is 11.0. The van der Waals surface area contributed by atoms with Crippen molar-refractivity contribution in [2.45, 2.75) is 26.1 Å². The van der Waals surface area contributed by atoms with Gasteiger partial charge in [0.1, 0.15) is 0 Å². The summed E-state index contributed by atoms with van der Waals surface area (Å²) >= 11 is 3.48. The van der Waals surface area contributed by atoms with Gasteiger partial charge in [-0.3, -0.25) is 4.90 Å². The van der Waals surface area contributed by atoms with Crippen molar-refractivity contribution in [2.75, 3.05) is 5.73 Å². The van der Waals surface area contributed by atoms with Crippen molar-refractivity contribution in [1.82, 2.24) is 4.90 Å². The molecule has 0 aliphatic carbocycles. The van der Waals surface area contributed by atoms with Gasteiger partial charge in [0.25, 0.3) is 0 Å². The van der Waals surface area contributed by atoms with E-state index in [2.05, 4.69) is 58.1 Å². The Bertz CT molecular complexity index is 592. The van der Waals surface area contributed by atoms with E-state index in [4.69, 9.17) is 5.73 Å². The van der Waals surface area contributed by atoms with Gasteiger partial charge in [-0.1, -0.05) is 40.2 Å². The van der Waals surface area contributed by atoms with Gasteiger partial charge in [0, 0.05) is 29.3 Å². The molecule has 2 aromatic rings. The molecule has 0 saturated heterocycles. The molecule has 1 aliphatic rings. The van der Waals surface area contributed by atoms with Gasteiger partial charge in [-0.25, -0.2) is 0 Å². The third-order valence-corrected chi connectivity index (χ3v) is 4.47. The summed E-state index contributed by atoms with van der Waals surface area (Å²) in [6.07, 6.45) is 0. The van der Waals surface area contributed by atoms with E-state index in [-0.39, 0.29) is 0 Å². The molecule has 0 radical (unpaired) electrons. The molecule has 3 rings (SSSR count). The van der Waals surface area contributed by atoms with Crippen LogP contribution in [-0.4, -0.2) is 4.90 Å². The van der Waals surface area contributed by atoms with Gasteiger partial charge in [-0.15, -0.1) is 0 Å². The van der Waals surface area contributed by atoms with Crippen LogP contribution in [0, 0.1) is 0 Å². The standard InChI is InChI=1S/C16H17BrN2/c1-11(12-5-7-14(17)8-6-12)19-9-13-3-2-4-16(18)15(13)10-19/h2-8,11H,9-10,18H2,1H3. The third kappa shape index (κ3) is 2.40. The van der Waals surface area contributed by atoms with Crippen molar-refractivity contribution in [3.05, 3.63) is 63.6 Å². The lowest BCUT2D eigenvalue weighted by Crippen LogP contribution is -2.20. The van der Waals surface area contributed by atoms with Gasteiger partial charge < -0.3 is 5.73 Å². The van der Waals surface area contributed by atoms with Crippen molar-refractivity contribution in [2.24, 2.45) is 0 Å². The smallest absolute Gasteiger partial charge is 0.0363 e. The minimum atomic E-state index is 0.403. The summed E-state index contributed by atoms with van der Waals surface area (Å²) in [7, 11) is 0. The largest absolute Gasteiger partial charge is 0.398 e. The topological polar surface area (TPSA) is 29.3 Å². The quantitative estimate of drug-likeness (QED) is 0.845. The normalized spacial score (nSPS) is 16.3. The highest BCUT2D eigenvalue weighted by atomic mass is 79.9. The number of hydrogen-bond donors (Lipinski definition) is 1. The Morgan fingerprint density at radius 3 is 2.53 bits per heavy atom. The zero-order valence-corrected chi connectivity index (χ0v) is 12.5. The number of nitrogens with zero attached hydrogens (tertiary/aromatic N) is 1. The molecule has 19 heavy (non-hydrogen) atoms. The molecule has 2 N–H and O–H groups in total. The van der Waals surface area contributed by atoms with E-state index >= 15 is 0 Å². The van der Waals surface area contributed by atoms with Gasteiger partial charge in [0.05, 0.1) is 0 Å². The maximum atomic E-state index is 6.06. The van der Waals surface area contributed by atoms with Gasteiger partial charge in [0.2, 0.25) is 0 Å². The Hall–Kier alpha value is -1.32. The van der Waals surface area contributed by atoms with Gasteiger partial charge in [-0.05, 0) is 41.8 Å². The molecular weight excluding hydrogens is 300 g/mol. The molecule has 1 atom stereocenters. The lowest BCUT2D eigenvalue weighted by atomic mass is 10.1. The Labute approximate surface area is 122 Å². The summed E-state index contributed by atoms with van der Waals surface area (Å²) in [6, 6.07) is 15.2. The Morgan fingerprint density at radius 2 is 1.84 bits per heavy atom. The minimum Gasteiger partial charge on any atom is -0.398 e. The predicted octanol–water partition coefficient (Wildman–Crippen LogP) is 4.11. The van der Waals surface area contributed by atoms with E-state index in [9.17, 15) is 0 Å². The maximum absolute atomic E-state index is 6.06. The van der Waals surface area contributed by atoms with E-state index in [0.29, 0.717) is 6.04 Å². The lowest BCUT2D eigenvalue weighted by molar-refractivity contribution is 0.215. The van der Waals surface area contributed by atoms with Crippen LogP contribution in [0.2, 0.25) is 0 Å². The highest BCUT2D eigenvalue weighted by Gasteiger charge is 2.25. The number of hydrogen-bond acceptors (Lipinski definition) is 2. The molecular formula is C16H17BrN2. The van der Waals surface area contributed by atoms with Crippen molar-refractivity contribution in [3.8, 4) is 0 Å². The van der Waals surface area contributed by atoms with Crippen LogP contribution in [-0.2, 0) is 13.1 Å². The summed E-state index contributed by atoms with van der Waals surface area (Å²) in [4.78, 5) is 2.46. The van der Waals surface area contributed by atoms with Crippen LogP contribution in [0.4, 0.5) is 5.69 Å². The molecule has 3 heteroatoms. The molecule has 0 saturated carbocycles. The molecule has 1 heterocycles. The fourth-order valence-electron chi connectivity index (χ4n) is 2.70. The average molecular weight is 317 g/mol. The molecule has 0 amide bonds. The number of anilines is 1. The minimum absolute atomic E-state index is 0.403. The average Bonchev–Trinajstić information content (AvgIpc) is 2.84. The van der Waals surface area contributed by atoms with E-state index < -0.39 is 0 Å². The zero-order chi connectivity index (χ0) is 13.4. The third-order valence-electron chi connectivity index (χ3n) is 3.94. The zero-order valence-electron chi connectivity index (χ0n) is 10.9. The highest BCUT2D eigenvalue weighted by molar-refractivity contribution is 9.10. The fourth-order valence-corrected chi connectivity index (χ4v) is 2.96. The van der Waals surface area contributed by atoms with Crippen LogP contribution in [0.15, 0.2) is 46.9 Å². The van der Waals surface area contributed by atoms with Crippen LogP contribution in [0.3, 0.4) is 0 Å². The van der Waals surface area contributed by atoms with Crippen molar-refractivity contribution in [3.63, 3.8) is 0 Å². The number of rotatable bonds is 2. The summed E-state index contributed by atoms with van der Waals surface area (Å²) in [6.45, 7) is 4.18. The summed E-state index contributed by atoms with van der Waals surface area (Å²) < 4.78 is 1.12. The van der Waals surface area contributed by atoms with E-state index in [0.717, 1.165) is 23.2 Å². The van der Waals surface area contributed by atoms with Gasteiger partial charge in [-0.2, -0.15) is 0 Å². The maximum Gasteiger partial charge on any atom is 0.0363 e. The van der Waals surface area contributed by atoms with E-state index in [1.807, 2.05) is 12.1 Å². The second-order valence-corrected chi connectivity index (χ2v) is 6.03. The number of nitrogens with two attached hydrogens (primary N) is 1. The van der Waals surface area contributed by atoms with Crippen LogP contribution in [0.5, 0.6) is 0 Å². The van der Waals surface area contributed by atoms with E-state index in [1.165, 1.54) is 16.7 Å². The van der Waals surface area contributed by atoms with E-state index in [1.54, 1.807) is 0 Å². The first kappa shape index (κ1) is 12.7. The molecule has 2 nitrogen and oxygen atoms in total. The Kier molecular flexibility index (Phi) is 3.33. The van der Waals surface area contributed by atoms with Gasteiger partial charge >= 0.3 is 0 Å². The number of halogens is 1. The highest BCUT2D eigenvalue weighted by Crippen LogP contribution is 2.33. The second kappa shape index (κ2) is 4.99. The number of nitrogen functional groups attached to an aromatic ring is 1. The first-order valence-corrected chi connectivity index (χ1v) is 7.30. The first-order chi connectivity index (χ1) is 9.15. The van der Waals surface area contributed by atoms with Crippen molar-refractivity contribution >= 4 is 21.6 Å². The van der Waals surface area contributed by atoms with Gasteiger partial charge in [0.15, 0.2) is 0 Å². The lowest BCUT2D eigenvalue weighted by Gasteiger charge is -2.24.